The first-order chi connectivity index (χ1) is 10.2. The number of fused-ring (bicyclic) bond motifs is 1. The molecule has 0 fully saturated rings. The summed E-state index contributed by atoms with van der Waals surface area (Å²) in [7, 11) is 0. The van der Waals surface area contributed by atoms with Crippen molar-refractivity contribution in [2.75, 3.05) is 0 Å². The summed E-state index contributed by atoms with van der Waals surface area (Å²) in [6, 6.07) is 14.9. The molecule has 0 aliphatic carbocycles. The van der Waals surface area contributed by atoms with E-state index in [1.54, 1.807) is 12.3 Å². The van der Waals surface area contributed by atoms with E-state index in [0.717, 1.165) is 10.9 Å². The third-order valence-electron chi connectivity index (χ3n) is 3.40. The Labute approximate surface area is 120 Å². The van der Waals surface area contributed by atoms with Gasteiger partial charge >= 0.3 is 0 Å². The maximum atomic E-state index is 14.0. The van der Waals surface area contributed by atoms with Gasteiger partial charge in [0.1, 0.15) is 11.9 Å². The van der Waals surface area contributed by atoms with Gasteiger partial charge < -0.3 is 5.11 Å². The van der Waals surface area contributed by atoms with Crippen LogP contribution in [0.5, 0.6) is 0 Å². The number of benzene rings is 2. The summed E-state index contributed by atoms with van der Waals surface area (Å²) >= 11 is 0. The number of aliphatic hydroxyl groups is 1. The van der Waals surface area contributed by atoms with Crippen molar-refractivity contribution in [3.8, 4) is 6.07 Å². The van der Waals surface area contributed by atoms with Gasteiger partial charge in [0.2, 0.25) is 0 Å². The monoisotopic (exact) mass is 278 g/mol. The molecule has 0 bridgehead atoms. The van der Waals surface area contributed by atoms with E-state index >= 15 is 0 Å². The molecule has 0 spiro atoms. The van der Waals surface area contributed by atoms with Gasteiger partial charge in [-0.15, -0.1) is 0 Å². The molecule has 4 heteroatoms. The van der Waals surface area contributed by atoms with Crippen molar-refractivity contribution >= 4 is 10.9 Å². The molecule has 0 radical (unpaired) electrons. The third kappa shape index (κ3) is 2.35. The molecule has 0 saturated heterocycles. The van der Waals surface area contributed by atoms with Gasteiger partial charge in [-0.3, -0.25) is 4.98 Å². The molecule has 1 unspecified atom stereocenters. The van der Waals surface area contributed by atoms with Crippen LogP contribution >= 0.6 is 0 Å². The van der Waals surface area contributed by atoms with E-state index in [1.807, 2.05) is 30.3 Å². The van der Waals surface area contributed by atoms with Crippen molar-refractivity contribution < 1.29 is 9.50 Å². The Morgan fingerprint density at radius 1 is 1.10 bits per heavy atom. The maximum absolute atomic E-state index is 14.0. The van der Waals surface area contributed by atoms with Gasteiger partial charge in [0, 0.05) is 17.1 Å². The quantitative estimate of drug-likeness (QED) is 0.782. The summed E-state index contributed by atoms with van der Waals surface area (Å²) in [5.41, 5.74) is 1.69. The number of hydrogen-bond acceptors (Lipinski definition) is 3. The Balaban J connectivity index is 2.17. The van der Waals surface area contributed by atoms with Crippen molar-refractivity contribution in [1.82, 2.24) is 4.98 Å². The van der Waals surface area contributed by atoms with E-state index < -0.39 is 11.9 Å². The lowest BCUT2D eigenvalue weighted by atomic mass is 9.97. The number of pyridine rings is 1. The highest BCUT2D eigenvalue weighted by Gasteiger charge is 2.18. The molecule has 3 nitrogen and oxygen atoms in total. The number of halogens is 1. The Morgan fingerprint density at radius 3 is 2.71 bits per heavy atom. The largest absolute Gasteiger partial charge is 0.384 e. The third-order valence-corrected chi connectivity index (χ3v) is 3.40. The zero-order chi connectivity index (χ0) is 14.8. The highest BCUT2D eigenvalue weighted by molar-refractivity contribution is 5.82. The lowest BCUT2D eigenvalue weighted by Crippen LogP contribution is -2.04. The zero-order valence-corrected chi connectivity index (χ0v) is 11.0. The standard InChI is InChI=1S/C17H11FN2O/c18-15-6-5-11(10-19)9-14(15)17(21)13-7-8-20-16-4-2-1-3-12(13)16/h1-9,17,21H. The minimum absolute atomic E-state index is 0.0883. The van der Waals surface area contributed by atoms with Crippen molar-refractivity contribution in [2.24, 2.45) is 0 Å². The summed E-state index contributed by atoms with van der Waals surface area (Å²) in [6.45, 7) is 0. The molecule has 3 rings (SSSR count). The van der Waals surface area contributed by atoms with Crippen LogP contribution < -0.4 is 0 Å². The van der Waals surface area contributed by atoms with Crippen LogP contribution in [0.4, 0.5) is 4.39 Å². The predicted molar refractivity (Wildman–Crippen MR) is 76.9 cm³/mol. The summed E-state index contributed by atoms with van der Waals surface area (Å²) in [4.78, 5) is 4.22. The molecule has 1 N–H and O–H groups in total. The first kappa shape index (κ1) is 13.2. The highest BCUT2D eigenvalue weighted by atomic mass is 19.1. The van der Waals surface area contributed by atoms with Gasteiger partial charge in [-0.2, -0.15) is 5.26 Å². The minimum Gasteiger partial charge on any atom is -0.384 e. The van der Waals surface area contributed by atoms with Crippen LogP contribution in [0.15, 0.2) is 54.7 Å². The molecular weight excluding hydrogens is 267 g/mol. The van der Waals surface area contributed by atoms with Crippen LogP contribution in [0.2, 0.25) is 0 Å². The topological polar surface area (TPSA) is 56.9 Å². The zero-order valence-electron chi connectivity index (χ0n) is 11.0. The van der Waals surface area contributed by atoms with Crippen molar-refractivity contribution in [3.63, 3.8) is 0 Å². The van der Waals surface area contributed by atoms with Crippen molar-refractivity contribution in [3.05, 3.63) is 77.2 Å². The first-order valence-electron chi connectivity index (χ1n) is 6.42. The lowest BCUT2D eigenvalue weighted by molar-refractivity contribution is 0.216. The van der Waals surface area contributed by atoms with E-state index in [0.29, 0.717) is 11.1 Å². The maximum Gasteiger partial charge on any atom is 0.129 e. The minimum atomic E-state index is -1.15. The molecular formula is C17H11FN2O. The number of hydrogen-bond donors (Lipinski definition) is 1. The summed E-state index contributed by atoms with van der Waals surface area (Å²) in [6.07, 6.45) is 0.429. The van der Waals surface area contributed by atoms with Crippen LogP contribution in [-0.2, 0) is 0 Å². The Bertz CT molecular complexity index is 850. The molecule has 0 amide bonds. The van der Waals surface area contributed by atoms with E-state index in [9.17, 15) is 9.50 Å². The molecule has 0 aliphatic rings. The number of rotatable bonds is 2. The normalized spacial score (nSPS) is 12.0. The van der Waals surface area contributed by atoms with Gasteiger partial charge in [0.25, 0.3) is 0 Å². The number of nitrogens with zero attached hydrogens (tertiary/aromatic N) is 2. The second-order valence-corrected chi connectivity index (χ2v) is 4.67. The number of nitriles is 1. The van der Waals surface area contributed by atoms with Crippen LogP contribution in [-0.4, -0.2) is 10.1 Å². The summed E-state index contributed by atoms with van der Waals surface area (Å²) in [5, 5.41) is 20.2. The van der Waals surface area contributed by atoms with Gasteiger partial charge in [-0.1, -0.05) is 18.2 Å². The molecule has 3 aromatic rings. The molecule has 1 aromatic heterocycles. The van der Waals surface area contributed by atoms with E-state index in [4.69, 9.17) is 5.26 Å². The molecule has 2 aromatic carbocycles. The summed E-state index contributed by atoms with van der Waals surface area (Å²) < 4.78 is 14.0. The molecule has 102 valence electrons. The van der Waals surface area contributed by atoms with E-state index in [1.165, 1.54) is 18.2 Å². The molecule has 0 saturated carbocycles. The number of para-hydroxylation sites is 1. The second kappa shape index (κ2) is 5.31. The average molecular weight is 278 g/mol. The number of aromatic nitrogens is 1. The Morgan fingerprint density at radius 2 is 1.90 bits per heavy atom. The van der Waals surface area contributed by atoms with E-state index in [-0.39, 0.29) is 5.56 Å². The number of aliphatic hydroxyl groups excluding tert-OH is 1. The lowest BCUT2D eigenvalue weighted by Gasteiger charge is -2.14. The van der Waals surface area contributed by atoms with Gasteiger partial charge in [0.05, 0.1) is 17.1 Å². The van der Waals surface area contributed by atoms with Crippen LogP contribution in [0.3, 0.4) is 0 Å². The van der Waals surface area contributed by atoms with Crippen LogP contribution in [0.25, 0.3) is 10.9 Å². The van der Waals surface area contributed by atoms with Gasteiger partial charge in [-0.25, -0.2) is 4.39 Å². The fraction of sp³-hybridized carbons (Fsp3) is 0.0588. The smallest absolute Gasteiger partial charge is 0.129 e. The Hall–Kier alpha value is -2.77. The highest BCUT2D eigenvalue weighted by Crippen LogP contribution is 2.29. The van der Waals surface area contributed by atoms with Crippen LogP contribution in [0.1, 0.15) is 22.8 Å². The van der Waals surface area contributed by atoms with E-state index in [2.05, 4.69) is 4.98 Å². The van der Waals surface area contributed by atoms with Gasteiger partial charge in [-0.05, 0) is 35.9 Å². The second-order valence-electron chi connectivity index (χ2n) is 4.67. The average Bonchev–Trinajstić information content (AvgIpc) is 2.54. The SMILES string of the molecule is N#Cc1ccc(F)c(C(O)c2ccnc3ccccc23)c1. The van der Waals surface area contributed by atoms with Gasteiger partial charge in [0.15, 0.2) is 0 Å². The molecule has 21 heavy (non-hydrogen) atoms. The van der Waals surface area contributed by atoms with Crippen LogP contribution in [0, 0.1) is 17.1 Å². The molecule has 1 atom stereocenters. The molecule has 1 heterocycles. The Kier molecular flexibility index (Phi) is 3.35. The predicted octanol–water partition coefficient (Wildman–Crippen LogP) is 3.33. The van der Waals surface area contributed by atoms with Crippen molar-refractivity contribution in [2.45, 2.75) is 6.10 Å². The summed E-state index contributed by atoms with van der Waals surface area (Å²) in [5.74, 6) is -0.539. The first-order valence-corrected chi connectivity index (χ1v) is 6.42. The molecule has 0 aliphatic heterocycles. The fourth-order valence-corrected chi connectivity index (χ4v) is 2.35. The van der Waals surface area contributed by atoms with Crippen molar-refractivity contribution in [1.29, 1.82) is 5.26 Å². The fourth-order valence-electron chi connectivity index (χ4n) is 2.35.